The lowest BCUT2D eigenvalue weighted by atomic mass is 9.88. The minimum absolute atomic E-state index is 0.0423. The van der Waals surface area contributed by atoms with Crippen LogP contribution in [0.3, 0.4) is 0 Å². The van der Waals surface area contributed by atoms with E-state index in [0.717, 1.165) is 22.3 Å². The lowest BCUT2D eigenvalue weighted by Gasteiger charge is -2.24. The van der Waals surface area contributed by atoms with E-state index in [4.69, 9.17) is 64.8 Å². The van der Waals surface area contributed by atoms with E-state index in [1.165, 1.54) is 0 Å². The number of rotatable bonds is 16. The van der Waals surface area contributed by atoms with Crippen molar-refractivity contribution in [1.29, 1.82) is 0 Å². The van der Waals surface area contributed by atoms with Crippen LogP contribution in [-0.2, 0) is 52.1 Å². The van der Waals surface area contributed by atoms with Crippen LogP contribution in [0.2, 0.25) is 0 Å². The maximum atomic E-state index is 14.3. The van der Waals surface area contributed by atoms with Crippen LogP contribution in [0.15, 0.2) is 190 Å². The van der Waals surface area contributed by atoms with Gasteiger partial charge in [-0.1, -0.05) is 121 Å². The fourth-order valence-electron chi connectivity index (χ4n) is 9.77. The first-order valence-electron chi connectivity index (χ1n) is 26.4. The summed E-state index contributed by atoms with van der Waals surface area (Å²) in [7, 11) is 0. The van der Waals surface area contributed by atoms with Crippen molar-refractivity contribution in [1.82, 2.24) is 0 Å². The van der Waals surface area contributed by atoms with Crippen molar-refractivity contribution >= 4 is 47.5 Å². The van der Waals surface area contributed by atoms with Crippen molar-refractivity contribution in [2.45, 2.75) is 52.1 Å². The molecule has 0 atom stereocenters. The predicted octanol–water partition coefficient (Wildman–Crippen LogP) is 6.33. The van der Waals surface area contributed by atoms with Crippen LogP contribution in [-0.4, -0.2) is 47.5 Å². The Morgan fingerprint density at radius 3 is 0.607 bits per heavy atom. The zero-order chi connectivity index (χ0) is 59.3. The zero-order valence-corrected chi connectivity index (χ0v) is 45.5. The quantitative estimate of drug-likeness (QED) is 0.0387. The third kappa shape index (κ3) is 14.7. The van der Waals surface area contributed by atoms with Crippen LogP contribution >= 0.6 is 0 Å². The SMILES string of the molecule is NC(N)=NC(=O)c1cc2c(OCc3ccccc3)c(c1)Cc1cc(C(=O)N=C(N)N)cc(c1OCc1ccccc1)Cc1cc(C(=O)N=C(N)N)cc(c1OCc1ccccc1)Cc1cc(C(=O)N=C(N)N)cc(c1OCc1ccccc1)C2. The van der Waals surface area contributed by atoms with Crippen LogP contribution < -0.4 is 64.8 Å². The first kappa shape index (κ1) is 57.4. The highest BCUT2D eigenvalue weighted by atomic mass is 16.5. The number of benzene rings is 8. The number of carbonyl (C=O) groups is 4. The van der Waals surface area contributed by atoms with Gasteiger partial charge in [0.15, 0.2) is 23.8 Å². The molecule has 424 valence electrons. The molecule has 8 bridgehead atoms. The summed E-state index contributed by atoms with van der Waals surface area (Å²) >= 11 is 0. The lowest BCUT2D eigenvalue weighted by molar-refractivity contribution is 0.0994. The average molecular weight is 1130 g/mol. The number of amides is 4. The summed E-state index contributed by atoms with van der Waals surface area (Å²) in [6.45, 7) is 0.169. The van der Waals surface area contributed by atoms with Gasteiger partial charge in [-0.3, -0.25) is 19.2 Å². The van der Waals surface area contributed by atoms with Crippen molar-refractivity contribution < 1.29 is 38.1 Å². The second-order valence-corrected chi connectivity index (χ2v) is 19.7. The van der Waals surface area contributed by atoms with Crippen molar-refractivity contribution in [2.24, 2.45) is 65.8 Å². The second-order valence-electron chi connectivity index (χ2n) is 19.7. The smallest absolute Gasteiger partial charge is 0.280 e. The molecule has 8 aromatic carbocycles. The number of hydrogen-bond donors (Lipinski definition) is 8. The second kappa shape index (κ2) is 26.3. The van der Waals surface area contributed by atoms with Gasteiger partial charge >= 0.3 is 0 Å². The summed E-state index contributed by atoms with van der Waals surface area (Å²) in [5, 5.41) is 0. The van der Waals surface area contributed by atoms with Crippen molar-refractivity contribution in [2.75, 3.05) is 0 Å². The zero-order valence-electron chi connectivity index (χ0n) is 45.5. The molecule has 0 fully saturated rings. The minimum Gasteiger partial charge on any atom is -0.488 e. The van der Waals surface area contributed by atoms with E-state index < -0.39 is 47.5 Å². The fourth-order valence-corrected chi connectivity index (χ4v) is 9.77. The van der Waals surface area contributed by atoms with Crippen LogP contribution in [0.5, 0.6) is 23.0 Å². The number of fused-ring (bicyclic) bond motifs is 8. The molecule has 0 unspecified atom stereocenters. The Kier molecular flexibility index (Phi) is 18.0. The standard InChI is InChI=1S/C64H60N12O8/c65-61(66)73-57(77)49-25-41-21-43-27-50(58(78)74-62(67)68)29-45(54(43)82-34-38-15-7-2-8-16-38)23-47-31-52(60(80)76-64(71)72)32-48(56(47)84-36-40-19-11-4-12-20-40)24-46-30-51(59(79)75-63(69)70)28-44(55(46)83-35-39-17-9-3-10-18-39)22-42(26-49)53(41)81-33-37-13-5-1-6-14-37/h1-20,25-32H,21-24,33-36H2,(H4,65,66,73,77)(H4,67,68,74,78)(H4,69,70,75,79)(H4,71,72,76,80). The monoisotopic (exact) mass is 1120 g/mol. The number of ether oxygens (including phenoxy) is 4. The number of nitrogens with two attached hydrogens (primary N) is 8. The van der Waals surface area contributed by atoms with Gasteiger partial charge in [-0.15, -0.1) is 0 Å². The first-order chi connectivity index (χ1) is 40.5. The summed E-state index contributed by atoms with van der Waals surface area (Å²) < 4.78 is 27.7. The summed E-state index contributed by atoms with van der Waals surface area (Å²) in [6.07, 6.45) is -0.399. The van der Waals surface area contributed by atoms with Gasteiger partial charge in [0, 0.05) is 47.9 Å². The lowest BCUT2D eigenvalue weighted by Crippen LogP contribution is -2.24. The van der Waals surface area contributed by atoms with Crippen molar-refractivity contribution in [3.05, 3.63) is 259 Å². The Labute approximate surface area is 483 Å². The minimum atomic E-state index is -0.787. The molecule has 0 spiro atoms. The maximum Gasteiger partial charge on any atom is 0.280 e. The Hall–Kier alpha value is -11.3. The van der Waals surface area contributed by atoms with E-state index in [9.17, 15) is 19.2 Å². The van der Waals surface area contributed by atoms with E-state index in [1.807, 2.05) is 121 Å². The van der Waals surface area contributed by atoms with Gasteiger partial charge in [0.1, 0.15) is 49.4 Å². The number of hydrogen-bond acceptors (Lipinski definition) is 8. The summed E-state index contributed by atoms with van der Waals surface area (Å²) in [5.41, 5.74) is 53.5. The third-order valence-electron chi connectivity index (χ3n) is 13.3. The molecule has 0 aromatic heterocycles. The molecule has 0 aliphatic heterocycles. The van der Waals surface area contributed by atoms with Crippen LogP contribution in [0.4, 0.5) is 0 Å². The van der Waals surface area contributed by atoms with Gasteiger partial charge in [-0.25, -0.2) is 0 Å². The molecule has 0 heterocycles. The molecule has 84 heavy (non-hydrogen) atoms. The molecule has 8 aromatic rings. The van der Waals surface area contributed by atoms with Crippen LogP contribution in [0.25, 0.3) is 0 Å². The van der Waals surface area contributed by atoms with Gasteiger partial charge in [0.05, 0.1) is 0 Å². The first-order valence-corrected chi connectivity index (χ1v) is 26.4. The van der Waals surface area contributed by atoms with Crippen LogP contribution in [0.1, 0.15) is 108 Å². The van der Waals surface area contributed by atoms with E-state index in [-0.39, 0.29) is 74.4 Å². The highest BCUT2D eigenvalue weighted by Gasteiger charge is 2.28. The van der Waals surface area contributed by atoms with Crippen LogP contribution in [0, 0.1) is 0 Å². The third-order valence-corrected chi connectivity index (χ3v) is 13.3. The molecule has 0 saturated carbocycles. The number of guanidine groups is 4. The predicted molar refractivity (Wildman–Crippen MR) is 321 cm³/mol. The summed E-state index contributed by atoms with van der Waals surface area (Å²) in [6, 6.07) is 50.6. The largest absolute Gasteiger partial charge is 0.488 e. The molecule has 9 rings (SSSR count). The van der Waals surface area contributed by atoms with Crippen molar-refractivity contribution in [3.8, 4) is 23.0 Å². The van der Waals surface area contributed by atoms with Gasteiger partial charge in [-0.05, 0) is 115 Å². The molecule has 20 heteroatoms. The highest BCUT2D eigenvalue weighted by molar-refractivity contribution is 6.05. The number of carbonyl (C=O) groups excluding carboxylic acids is 4. The number of nitrogens with zero attached hydrogens (tertiary/aromatic N) is 4. The van der Waals surface area contributed by atoms with Gasteiger partial charge < -0.3 is 64.8 Å². The van der Waals surface area contributed by atoms with Crippen molar-refractivity contribution in [3.63, 3.8) is 0 Å². The Bertz CT molecular complexity index is 3290. The molecule has 16 N–H and O–H groups in total. The molecule has 0 radical (unpaired) electrons. The Balaban J connectivity index is 1.42. The van der Waals surface area contributed by atoms with E-state index >= 15 is 0 Å². The van der Waals surface area contributed by atoms with E-state index in [2.05, 4.69) is 20.0 Å². The highest BCUT2D eigenvalue weighted by Crippen LogP contribution is 2.42. The molecule has 4 amide bonds. The van der Waals surface area contributed by atoms with Gasteiger partial charge in [-0.2, -0.15) is 20.0 Å². The number of aliphatic imine (C=N–C) groups is 4. The van der Waals surface area contributed by atoms with Gasteiger partial charge in [0.25, 0.3) is 23.6 Å². The Morgan fingerprint density at radius 2 is 0.452 bits per heavy atom. The normalized spacial score (nSPS) is 11.4. The molecule has 1 aliphatic carbocycles. The molecule has 0 saturated heterocycles. The molecule has 1 aliphatic rings. The maximum absolute atomic E-state index is 14.3. The fraction of sp³-hybridized carbons (Fsp3) is 0.125. The molecule has 20 nitrogen and oxygen atoms in total. The van der Waals surface area contributed by atoms with E-state index in [0.29, 0.717) is 67.5 Å². The van der Waals surface area contributed by atoms with E-state index in [1.54, 1.807) is 48.5 Å². The molecular formula is C64H60N12O8. The average Bonchev–Trinajstić information content (AvgIpc) is 2.65. The topological polar surface area (TPSA) is 363 Å². The van der Waals surface area contributed by atoms with Gasteiger partial charge in [0.2, 0.25) is 0 Å². The molecular weight excluding hydrogens is 1060 g/mol. The summed E-state index contributed by atoms with van der Waals surface area (Å²) in [4.78, 5) is 72.9. The summed E-state index contributed by atoms with van der Waals surface area (Å²) in [5.74, 6) is -3.85. The Morgan fingerprint density at radius 1 is 0.286 bits per heavy atom.